The Morgan fingerprint density at radius 2 is 2.07 bits per heavy atom. The summed E-state index contributed by atoms with van der Waals surface area (Å²) in [6.07, 6.45) is 3.75. The van der Waals surface area contributed by atoms with E-state index < -0.39 is 10.0 Å². The van der Waals surface area contributed by atoms with E-state index in [-0.39, 0.29) is 11.8 Å². The molecule has 1 fully saturated rings. The van der Waals surface area contributed by atoms with Gasteiger partial charge in [-0.2, -0.15) is 0 Å². The molecule has 2 atom stereocenters. The fourth-order valence-corrected chi connectivity index (χ4v) is 3.18. The zero-order valence-corrected chi connectivity index (χ0v) is 10.4. The number of nitrogens with one attached hydrogen (secondary N) is 2. The third-order valence-electron chi connectivity index (χ3n) is 2.87. The highest BCUT2D eigenvalue weighted by atomic mass is 32.2. The summed E-state index contributed by atoms with van der Waals surface area (Å²) in [5, 5.41) is 3.01. The van der Waals surface area contributed by atoms with E-state index in [9.17, 15) is 8.42 Å². The fraction of sp³-hybridized carbons (Fsp3) is 1.00. The Hall–Kier alpha value is -0.130. The van der Waals surface area contributed by atoms with E-state index in [1.807, 2.05) is 7.05 Å². The number of rotatable bonds is 8. The lowest BCUT2D eigenvalue weighted by atomic mass is 10.3. The minimum absolute atomic E-state index is 0.226. The molecule has 1 saturated carbocycles. The number of sulfonamides is 1. The summed E-state index contributed by atoms with van der Waals surface area (Å²) < 4.78 is 25.9. The topological polar surface area (TPSA) is 58.2 Å². The molecule has 2 N–H and O–H groups in total. The van der Waals surface area contributed by atoms with Crippen molar-refractivity contribution in [2.24, 2.45) is 5.92 Å². The maximum atomic E-state index is 11.6. The summed E-state index contributed by atoms with van der Waals surface area (Å²) in [4.78, 5) is 0. The summed E-state index contributed by atoms with van der Waals surface area (Å²) in [5.41, 5.74) is 0. The van der Waals surface area contributed by atoms with E-state index in [1.165, 1.54) is 0 Å². The van der Waals surface area contributed by atoms with Crippen LogP contribution in [0.5, 0.6) is 0 Å². The van der Waals surface area contributed by atoms with E-state index in [1.54, 1.807) is 0 Å². The minimum atomic E-state index is -3.02. The van der Waals surface area contributed by atoms with Crippen molar-refractivity contribution >= 4 is 10.0 Å². The fourth-order valence-electron chi connectivity index (χ4n) is 1.73. The third kappa shape index (κ3) is 4.95. The van der Waals surface area contributed by atoms with Crippen molar-refractivity contribution in [3.05, 3.63) is 0 Å². The van der Waals surface area contributed by atoms with Crippen LogP contribution in [0.25, 0.3) is 0 Å². The predicted molar refractivity (Wildman–Crippen MR) is 62.3 cm³/mol. The first-order valence-corrected chi connectivity index (χ1v) is 7.39. The second kappa shape index (κ2) is 5.82. The number of hydrogen-bond donors (Lipinski definition) is 2. The lowest BCUT2D eigenvalue weighted by Crippen LogP contribution is -2.29. The molecule has 0 amide bonds. The lowest BCUT2D eigenvalue weighted by molar-refractivity contribution is 0.570. The highest BCUT2D eigenvalue weighted by Gasteiger charge is 2.37. The van der Waals surface area contributed by atoms with E-state index >= 15 is 0 Å². The molecule has 0 bridgehead atoms. The van der Waals surface area contributed by atoms with Gasteiger partial charge in [0, 0.05) is 6.04 Å². The van der Waals surface area contributed by atoms with Crippen LogP contribution in [0, 0.1) is 5.92 Å². The van der Waals surface area contributed by atoms with Gasteiger partial charge in [0.15, 0.2) is 0 Å². The van der Waals surface area contributed by atoms with Gasteiger partial charge in [-0.3, -0.25) is 0 Å². The second-order valence-corrected chi connectivity index (χ2v) is 6.13. The summed E-state index contributed by atoms with van der Waals surface area (Å²) in [5.74, 6) is 0.846. The van der Waals surface area contributed by atoms with E-state index in [0.717, 1.165) is 32.2 Å². The molecule has 1 aliphatic rings. The van der Waals surface area contributed by atoms with Gasteiger partial charge in [0.05, 0.1) is 5.75 Å². The van der Waals surface area contributed by atoms with E-state index in [2.05, 4.69) is 17.0 Å². The van der Waals surface area contributed by atoms with Crippen LogP contribution < -0.4 is 10.0 Å². The SMILES string of the molecule is CCC1CC1NS(=O)(=O)CCCCNC. The van der Waals surface area contributed by atoms with Crippen molar-refractivity contribution in [2.75, 3.05) is 19.3 Å². The Morgan fingerprint density at radius 3 is 2.60 bits per heavy atom. The molecular weight excluding hydrogens is 212 g/mol. The number of unbranched alkanes of at least 4 members (excludes halogenated alkanes) is 1. The monoisotopic (exact) mass is 234 g/mol. The van der Waals surface area contributed by atoms with Crippen LogP contribution in [0.4, 0.5) is 0 Å². The van der Waals surface area contributed by atoms with Crippen LogP contribution >= 0.6 is 0 Å². The molecule has 0 spiro atoms. The molecule has 5 heteroatoms. The molecule has 2 unspecified atom stereocenters. The average molecular weight is 234 g/mol. The first-order valence-electron chi connectivity index (χ1n) is 5.73. The normalized spacial score (nSPS) is 25.5. The van der Waals surface area contributed by atoms with Gasteiger partial charge in [-0.15, -0.1) is 0 Å². The van der Waals surface area contributed by atoms with Crippen LogP contribution in [0.3, 0.4) is 0 Å². The quantitative estimate of drug-likeness (QED) is 0.608. The predicted octanol–water partition coefficient (Wildman–Crippen LogP) is 0.704. The van der Waals surface area contributed by atoms with E-state index in [0.29, 0.717) is 5.92 Å². The maximum absolute atomic E-state index is 11.6. The van der Waals surface area contributed by atoms with E-state index in [4.69, 9.17) is 0 Å². The third-order valence-corrected chi connectivity index (χ3v) is 4.36. The molecule has 0 heterocycles. The first-order chi connectivity index (χ1) is 7.09. The van der Waals surface area contributed by atoms with Crippen molar-refractivity contribution in [1.29, 1.82) is 0 Å². The van der Waals surface area contributed by atoms with Gasteiger partial charge in [-0.25, -0.2) is 13.1 Å². The molecule has 0 radical (unpaired) electrons. The first kappa shape index (κ1) is 12.9. The zero-order valence-electron chi connectivity index (χ0n) is 9.62. The zero-order chi connectivity index (χ0) is 11.3. The van der Waals surface area contributed by atoms with Gasteiger partial charge in [0.1, 0.15) is 0 Å². The Morgan fingerprint density at radius 1 is 1.33 bits per heavy atom. The minimum Gasteiger partial charge on any atom is -0.320 e. The molecule has 0 aromatic heterocycles. The summed E-state index contributed by atoms with van der Waals surface area (Å²) in [6, 6.07) is 0.226. The molecule has 15 heavy (non-hydrogen) atoms. The van der Waals surface area contributed by atoms with Crippen LogP contribution in [0.1, 0.15) is 32.6 Å². The van der Waals surface area contributed by atoms with Crippen LogP contribution in [0.15, 0.2) is 0 Å². The van der Waals surface area contributed by atoms with Crippen LogP contribution in [-0.2, 0) is 10.0 Å². The Bertz CT molecular complexity index is 277. The smallest absolute Gasteiger partial charge is 0.211 e. The molecule has 0 aromatic rings. The average Bonchev–Trinajstić information content (AvgIpc) is 2.90. The highest BCUT2D eigenvalue weighted by Crippen LogP contribution is 2.33. The van der Waals surface area contributed by atoms with Crippen LogP contribution in [-0.4, -0.2) is 33.8 Å². The van der Waals surface area contributed by atoms with Crippen molar-refractivity contribution < 1.29 is 8.42 Å². The molecule has 0 aromatic carbocycles. The van der Waals surface area contributed by atoms with Gasteiger partial charge < -0.3 is 5.32 Å². The highest BCUT2D eigenvalue weighted by molar-refractivity contribution is 7.89. The Labute approximate surface area is 92.9 Å². The molecule has 4 nitrogen and oxygen atoms in total. The van der Waals surface area contributed by atoms with Crippen molar-refractivity contribution in [3.8, 4) is 0 Å². The van der Waals surface area contributed by atoms with Gasteiger partial charge in [0.2, 0.25) is 10.0 Å². The van der Waals surface area contributed by atoms with Crippen LogP contribution in [0.2, 0.25) is 0 Å². The van der Waals surface area contributed by atoms with Crippen molar-refractivity contribution in [1.82, 2.24) is 10.0 Å². The molecule has 1 aliphatic carbocycles. The molecular formula is C10H22N2O2S. The lowest BCUT2D eigenvalue weighted by Gasteiger charge is -2.05. The van der Waals surface area contributed by atoms with Gasteiger partial charge >= 0.3 is 0 Å². The Balaban J connectivity index is 2.16. The molecule has 90 valence electrons. The molecule has 1 rings (SSSR count). The summed E-state index contributed by atoms with van der Waals surface area (Å²) in [7, 11) is -1.14. The van der Waals surface area contributed by atoms with Gasteiger partial charge in [-0.05, 0) is 38.8 Å². The molecule has 0 aliphatic heterocycles. The molecule has 0 saturated heterocycles. The summed E-state index contributed by atoms with van der Waals surface area (Å²) in [6.45, 7) is 2.99. The Kier molecular flexibility index (Phi) is 5.02. The largest absolute Gasteiger partial charge is 0.320 e. The van der Waals surface area contributed by atoms with Crippen molar-refractivity contribution in [3.63, 3.8) is 0 Å². The number of hydrogen-bond acceptors (Lipinski definition) is 3. The standard InChI is InChI=1S/C10H22N2O2S/c1-3-9-8-10(9)12-15(13,14)7-5-4-6-11-2/h9-12H,3-8H2,1-2H3. The second-order valence-electron chi connectivity index (χ2n) is 4.26. The van der Waals surface area contributed by atoms with Gasteiger partial charge in [0.25, 0.3) is 0 Å². The summed E-state index contributed by atoms with van der Waals surface area (Å²) >= 11 is 0. The maximum Gasteiger partial charge on any atom is 0.211 e. The van der Waals surface area contributed by atoms with Gasteiger partial charge in [-0.1, -0.05) is 13.3 Å². The van der Waals surface area contributed by atoms with Crippen molar-refractivity contribution in [2.45, 2.75) is 38.6 Å².